The molecule has 92 valence electrons. The van der Waals surface area contributed by atoms with E-state index in [1.165, 1.54) is 12.8 Å². The van der Waals surface area contributed by atoms with Crippen molar-refractivity contribution in [1.29, 1.82) is 0 Å². The topological polar surface area (TPSA) is 49.6 Å². The normalized spacial score (nSPS) is 25.4. The molecule has 4 nitrogen and oxygen atoms in total. The van der Waals surface area contributed by atoms with E-state index in [-0.39, 0.29) is 5.91 Å². The fraction of sp³-hybridized carbons (Fsp3) is 0.917. The van der Waals surface area contributed by atoms with Gasteiger partial charge in [0.05, 0.1) is 0 Å². The molecule has 1 saturated heterocycles. The van der Waals surface area contributed by atoms with E-state index >= 15 is 0 Å². The van der Waals surface area contributed by atoms with E-state index in [9.17, 15) is 4.79 Å². The SMILES string of the molecule is CC(=O)N1CCC[C@@H]1CN(CCN)C1CC1. The Labute approximate surface area is 97.8 Å². The van der Waals surface area contributed by atoms with E-state index in [0.29, 0.717) is 6.04 Å². The molecule has 4 heteroatoms. The number of carbonyl (C=O) groups is 1. The first-order valence-corrected chi connectivity index (χ1v) is 6.43. The van der Waals surface area contributed by atoms with Crippen LogP contribution in [0.15, 0.2) is 0 Å². The monoisotopic (exact) mass is 225 g/mol. The summed E-state index contributed by atoms with van der Waals surface area (Å²) in [6.45, 7) is 5.36. The first-order valence-electron chi connectivity index (χ1n) is 6.43. The maximum absolute atomic E-state index is 11.5. The van der Waals surface area contributed by atoms with Crippen LogP contribution in [0.4, 0.5) is 0 Å². The molecular formula is C12H23N3O. The average molecular weight is 225 g/mol. The zero-order valence-corrected chi connectivity index (χ0v) is 10.2. The third kappa shape index (κ3) is 2.74. The predicted molar refractivity (Wildman–Crippen MR) is 64.1 cm³/mol. The Hall–Kier alpha value is -0.610. The van der Waals surface area contributed by atoms with Crippen LogP contribution < -0.4 is 5.73 Å². The molecule has 1 heterocycles. The Morgan fingerprint density at radius 1 is 1.44 bits per heavy atom. The molecule has 1 aliphatic heterocycles. The standard InChI is InChI=1S/C12H23N3O/c1-10(16)15-7-2-3-12(15)9-14(8-6-13)11-4-5-11/h11-12H,2-9,13H2,1H3/t12-/m1/s1. The summed E-state index contributed by atoms with van der Waals surface area (Å²) in [6.07, 6.45) is 4.94. The second-order valence-electron chi connectivity index (χ2n) is 5.02. The molecule has 16 heavy (non-hydrogen) atoms. The fourth-order valence-electron chi connectivity index (χ4n) is 2.74. The lowest BCUT2D eigenvalue weighted by molar-refractivity contribution is -0.129. The van der Waals surface area contributed by atoms with Gasteiger partial charge in [0.15, 0.2) is 0 Å². The van der Waals surface area contributed by atoms with Gasteiger partial charge in [-0.2, -0.15) is 0 Å². The molecule has 0 aromatic rings. The molecule has 2 fully saturated rings. The molecular weight excluding hydrogens is 202 g/mol. The van der Waals surface area contributed by atoms with Crippen LogP contribution in [0.3, 0.4) is 0 Å². The van der Waals surface area contributed by atoms with E-state index < -0.39 is 0 Å². The van der Waals surface area contributed by atoms with Gasteiger partial charge in [0.2, 0.25) is 5.91 Å². The summed E-state index contributed by atoms with van der Waals surface area (Å²) in [5, 5.41) is 0. The molecule has 1 aliphatic carbocycles. The Balaban J connectivity index is 1.88. The summed E-state index contributed by atoms with van der Waals surface area (Å²) in [5.41, 5.74) is 5.64. The molecule has 2 N–H and O–H groups in total. The number of carbonyl (C=O) groups excluding carboxylic acids is 1. The van der Waals surface area contributed by atoms with Gasteiger partial charge in [0.1, 0.15) is 0 Å². The van der Waals surface area contributed by atoms with Crippen molar-refractivity contribution in [3.8, 4) is 0 Å². The van der Waals surface area contributed by atoms with Crippen LogP contribution in [0.5, 0.6) is 0 Å². The van der Waals surface area contributed by atoms with Gasteiger partial charge in [-0.1, -0.05) is 0 Å². The highest BCUT2D eigenvalue weighted by Crippen LogP contribution is 2.28. The highest BCUT2D eigenvalue weighted by atomic mass is 16.2. The predicted octanol–water partition coefficient (Wildman–Crippen LogP) is 0.420. The van der Waals surface area contributed by atoms with Crippen LogP contribution >= 0.6 is 0 Å². The Morgan fingerprint density at radius 3 is 2.75 bits per heavy atom. The van der Waals surface area contributed by atoms with Crippen molar-refractivity contribution in [1.82, 2.24) is 9.80 Å². The highest BCUT2D eigenvalue weighted by Gasteiger charge is 2.33. The van der Waals surface area contributed by atoms with Crippen LogP contribution in [0.25, 0.3) is 0 Å². The second-order valence-corrected chi connectivity index (χ2v) is 5.02. The fourth-order valence-corrected chi connectivity index (χ4v) is 2.74. The van der Waals surface area contributed by atoms with Crippen LogP contribution in [0.2, 0.25) is 0 Å². The molecule has 1 atom stereocenters. The minimum absolute atomic E-state index is 0.228. The van der Waals surface area contributed by atoms with Crippen LogP contribution in [-0.4, -0.2) is 54.0 Å². The summed E-state index contributed by atoms with van der Waals surface area (Å²) < 4.78 is 0. The lowest BCUT2D eigenvalue weighted by atomic mass is 10.2. The van der Waals surface area contributed by atoms with Crippen molar-refractivity contribution in [3.63, 3.8) is 0 Å². The Kier molecular flexibility index (Phi) is 3.82. The molecule has 0 radical (unpaired) electrons. The summed E-state index contributed by atoms with van der Waals surface area (Å²) in [4.78, 5) is 16.0. The smallest absolute Gasteiger partial charge is 0.219 e. The van der Waals surface area contributed by atoms with Crippen molar-refractivity contribution >= 4 is 5.91 Å². The molecule has 0 aromatic carbocycles. The van der Waals surface area contributed by atoms with Gasteiger partial charge in [-0.25, -0.2) is 0 Å². The molecule has 1 saturated carbocycles. The largest absolute Gasteiger partial charge is 0.339 e. The minimum atomic E-state index is 0.228. The third-order valence-corrected chi connectivity index (χ3v) is 3.71. The summed E-state index contributed by atoms with van der Waals surface area (Å²) in [6, 6.07) is 1.18. The number of hydrogen-bond acceptors (Lipinski definition) is 3. The maximum Gasteiger partial charge on any atom is 0.219 e. The minimum Gasteiger partial charge on any atom is -0.339 e. The summed E-state index contributed by atoms with van der Waals surface area (Å²) in [5.74, 6) is 0.228. The number of nitrogens with two attached hydrogens (primary N) is 1. The van der Waals surface area contributed by atoms with Gasteiger partial charge in [0, 0.05) is 45.2 Å². The number of likely N-dealkylation sites (tertiary alicyclic amines) is 1. The molecule has 0 spiro atoms. The average Bonchev–Trinajstić information content (AvgIpc) is 2.98. The molecule has 2 aliphatic rings. The van der Waals surface area contributed by atoms with Crippen LogP contribution in [0, 0.1) is 0 Å². The number of hydrogen-bond donors (Lipinski definition) is 1. The van der Waals surface area contributed by atoms with Crippen molar-refractivity contribution in [2.75, 3.05) is 26.2 Å². The summed E-state index contributed by atoms with van der Waals surface area (Å²) in [7, 11) is 0. The van der Waals surface area contributed by atoms with Crippen molar-refractivity contribution in [2.45, 2.75) is 44.7 Å². The number of rotatable bonds is 5. The van der Waals surface area contributed by atoms with Crippen molar-refractivity contribution < 1.29 is 4.79 Å². The van der Waals surface area contributed by atoms with E-state index in [0.717, 1.165) is 45.1 Å². The molecule has 0 unspecified atom stereocenters. The zero-order chi connectivity index (χ0) is 11.5. The van der Waals surface area contributed by atoms with E-state index in [2.05, 4.69) is 4.90 Å². The van der Waals surface area contributed by atoms with Gasteiger partial charge in [0.25, 0.3) is 0 Å². The van der Waals surface area contributed by atoms with Gasteiger partial charge >= 0.3 is 0 Å². The lowest BCUT2D eigenvalue weighted by Gasteiger charge is -2.30. The number of nitrogens with zero attached hydrogens (tertiary/aromatic N) is 2. The maximum atomic E-state index is 11.5. The Bertz CT molecular complexity index is 253. The lowest BCUT2D eigenvalue weighted by Crippen LogP contribution is -2.44. The van der Waals surface area contributed by atoms with Crippen LogP contribution in [0.1, 0.15) is 32.6 Å². The van der Waals surface area contributed by atoms with Crippen molar-refractivity contribution in [3.05, 3.63) is 0 Å². The van der Waals surface area contributed by atoms with E-state index in [1.54, 1.807) is 6.92 Å². The molecule has 1 amide bonds. The van der Waals surface area contributed by atoms with Crippen LogP contribution in [-0.2, 0) is 4.79 Å². The van der Waals surface area contributed by atoms with E-state index in [4.69, 9.17) is 5.73 Å². The first-order chi connectivity index (χ1) is 7.72. The van der Waals surface area contributed by atoms with Gasteiger partial charge in [-0.15, -0.1) is 0 Å². The molecule has 2 rings (SSSR count). The quantitative estimate of drug-likeness (QED) is 0.738. The van der Waals surface area contributed by atoms with Gasteiger partial charge < -0.3 is 10.6 Å². The van der Waals surface area contributed by atoms with Gasteiger partial charge in [-0.05, 0) is 25.7 Å². The molecule has 0 aromatic heterocycles. The highest BCUT2D eigenvalue weighted by molar-refractivity contribution is 5.73. The van der Waals surface area contributed by atoms with E-state index in [1.807, 2.05) is 4.90 Å². The summed E-state index contributed by atoms with van der Waals surface area (Å²) >= 11 is 0. The van der Waals surface area contributed by atoms with Gasteiger partial charge in [-0.3, -0.25) is 9.69 Å². The molecule has 0 bridgehead atoms. The second kappa shape index (κ2) is 5.15. The first kappa shape index (κ1) is 11.9. The van der Waals surface area contributed by atoms with Crippen molar-refractivity contribution in [2.24, 2.45) is 5.73 Å². The Morgan fingerprint density at radius 2 is 2.19 bits per heavy atom. The third-order valence-electron chi connectivity index (χ3n) is 3.71. The zero-order valence-electron chi connectivity index (χ0n) is 10.2. The number of amides is 1.